The fraction of sp³-hybridized carbons (Fsp3) is 0.400. The Morgan fingerprint density at radius 3 is 2.10 bits per heavy atom. The van der Waals surface area contributed by atoms with E-state index in [1.807, 2.05) is 0 Å². The van der Waals surface area contributed by atoms with E-state index in [0.717, 1.165) is 25.3 Å². The van der Waals surface area contributed by atoms with Crippen LogP contribution >= 0.6 is 0 Å². The summed E-state index contributed by atoms with van der Waals surface area (Å²) in [4.78, 5) is 0.0904. The number of hydrogen-bond donors (Lipinski definition) is 2. The van der Waals surface area contributed by atoms with Gasteiger partial charge >= 0.3 is 0 Å². The molecule has 2 N–H and O–H groups in total. The maximum absolute atomic E-state index is 12.6. The lowest BCUT2D eigenvalue weighted by Gasteiger charge is -2.21. The van der Waals surface area contributed by atoms with Gasteiger partial charge < -0.3 is 10.4 Å². The number of hydrogen-bond acceptors (Lipinski definition) is 6. The number of phenolic OH excluding ortho intramolecular Hbond substituents is 1. The van der Waals surface area contributed by atoms with E-state index in [2.05, 4.69) is 5.32 Å². The minimum absolute atomic E-state index is 0.112. The van der Waals surface area contributed by atoms with Crippen LogP contribution in [0.25, 0.3) is 0 Å². The lowest BCUT2D eigenvalue weighted by atomic mass is 9.88. The molecule has 1 aliphatic rings. The number of benzene rings is 2. The van der Waals surface area contributed by atoms with Crippen molar-refractivity contribution < 1.29 is 21.9 Å². The van der Waals surface area contributed by atoms with Crippen molar-refractivity contribution in [2.45, 2.75) is 22.1 Å². The summed E-state index contributed by atoms with van der Waals surface area (Å²) in [6.07, 6.45) is 0.620. The molecule has 0 amide bonds. The zero-order chi connectivity index (χ0) is 22.3. The molecule has 0 spiro atoms. The summed E-state index contributed by atoms with van der Waals surface area (Å²) in [6, 6.07) is 9.73. The molecule has 0 bridgehead atoms. The third-order valence-electron chi connectivity index (χ3n) is 5.34. The van der Waals surface area contributed by atoms with Crippen LogP contribution in [0.2, 0.25) is 0 Å². The quantitative estimate of drug-likeness (QED) is 0.704. The van der Waals surface area contributed by atoms with E-state index in [-0.39, 0.29) is 21.5 Å². The van der Waals surface area contributed by atoms with Crippen LogP contribution in [0.15, 0.2) is 46.2 Å². The van der Waals surface area contributed by atoms with Crippen molar-refractivity contribution in [3.8, 4) is 5.75 Å². The molecule has 0 saturated carbocycles. The van der Waals surface area contributed by atoms with Gasteiger partial charge in [-0.05, 0) is 53.9 Å². The first-order chi connectivity index (χ1) is 14.0. The van der Waals surface area contributed by atoms with E-state index >= 15 is 0 Å². The van der Waals surface area contributed by atoms with E-state index < -0.39 is 20.0 Å². The minimum atomic E-state index is -3.77. The Kier molecular flexibility index (Phi) is 6.26. The standard InChI is InChI=1S/C20H27N3O5S2/c1-22(2)29(25,26)16-7-5-14(6-8-16)18-13-21-10-9-15-11-20(19(24)12-17(15)18)30(27,28)23(3)4/h5-8,11-12,18,21,24H,9-10,13H2,1-4H3. The summed E-state index contributed by atoms with van der Waals surface area (Å²) in [5.74, 6) is -0.443. The fourth-order valence-electron chi connectivity index (χ4n) is 3.53. The highest BCUT2D eigenvalue weighted by molar-refractivity contribution is 7.89. The summed E-state index contributed by atoms with van der Waals surface area (Å²) < 4.78 is 52.0. The van der Waals surface area contributed by atoms with Gasteiger partial charge in [0.2, 0.25) is 20.0 Å². The Morgan fingerprint density at radius 2 is 1.53 bits per heavy atom. The molecule has 0 saturated heterocycles. The van der Waals surface area contributed by atoms with Gasteiger partial charge in [-0.1, -0.05) is 12.1 Å². The van der Waals surface area contributed by atoms with Gasteiger partial charge in [-0.3, -0.25) is 0 Å². The van der Waals surface area contributed by atoms with Crippen molar-refractivity contribution in [1.82, 2.24) is 13.9 Å². The highest BCUT2D eigenvalue weighted by Gasteiger charge is 2.28. The molecule has 10 heteroatoms. The third-order valence-corrected chi connectivity index (χ3v) is 9.01. The zero-order valence-corrected chi connectivity index (χ0v) is 19.1. The number of sulfonamides is 2. The first kappa shape index (κ1) is 22.7. The summed E-state index contributed by atoms with van der Waals surface area (Å²) >= 11 is 0. The fourth-order valence-corrected chi connectivity index (χ4v) is 5.44. The van der Waals surface area contributed by atoms with Crippen molar-refractivity contribution in [3.05, 3.63) is 53.1 Å². The molecular weight excluding hydrogens is 426 g/mol. The zero-order valence-electron chi connectivity index (χ0n) is 17.5. The molecule has 0 radical (unpaired) electrons. The predicted molar refractivity (Wildman–Crippen MR) is 115 cm³/mol. The first-order valence-corrected chi connectivity index (χ1v) is 12.4. The largest absolute Gasteiger partial charge is 0.507 e. The van der Waals surface area contributed by atoms with Crippen LogP contribution in [-0.2, 0) is 26.5 Å². The van der Waals surface area contributed by atoms with E-state index in [1.165, 1.54) is 34.3 Å². The van der Waals surface area contributed by atoms with Gasteiger partial charge in [0.1, 0.15) is 10.6 Å². The average molecular weight is 454 g/mol. The van der Waals surface area contributed by atoms with Gasteiger partial charge in [-0.25, -0.2) is 25.4 Å². The summed E-state index contributed by atoms with van der Waals surface area (Å²) in [5.41, 5.74) is 2.55. The Labute approximate surface area is 178 Å². The van der Waals surface area contributed by atoms with Crippen molar-refractivity contribution in [3.63, 3.8) is 0 Å². The molecule has 1 heterocycles. The molecule has 3 rings (SSSR count). The van der Waals surface area contributed by atoms with Crippen molar-refractivity contribution in [2.75, 3.05) is 41.3 Å². The van der Waals surface area contributed by atoms with Gasteiger partial charge in [0.15, 0.2) is 0 Å². The number of nitrogens with one attached hydrogen (secondary N) is 1. The predicted octanol–water partition coefficient (Wildman–Crippen LogP) is 1.17. The molecular formula is C20H27N3O5S2. The van der Waals surface area contributed by atoms with Crippen LogP contribution in [0.4, 0.5) is 0 Å². The van der Waals surface area contributed by atoms with Crippen LogP contribution in [0.1, 0.15) is 22.6 Å². The summed E-state index contributed by atoms with van der Waals surface area (Å²) in [5, 5.41) is 13.8. The second kappa shape index (κ2) is 8.27. The van der Waals surface area contributed by atoms with Crippen LogP contribution in [-0.4, -0.2) is 71.8 Å². The average Bonchev–Trinajstić information content (AvgIpc) is 2.89. The SMILES string of the molecule is CN(C)S(=O)(=O)c1ccc(C2CNCCc3cc(S(=O)(=O)N(C)C)c(O)cc32)cc1. The maximum Gasteiger partial charge on any atom is 0.246 e. The number of rotatable bonds is 5. The van der Waals surface area contributed by atoms with Crippen LogP contribution < -0.4 is 5.32 Å². The number of phenols is 1. The van der Waals surface area contributed by atoms with Gasteiger partial charge in [-0.2, -0.15) is 0 Å². The van der Waals surface area contributed by atoms with E-state index in [9.17, 15) is 21.9 Å². The molecule has 0 aliphatic carbocycles. The normalized spacial score (nSPS) is 17.7. The van der Waals surface area contributed by atoms with Gasteiger partial charge in [0.25, 0.3) is 0 Å². The smallest absolute Gasteiger partial charge is 0.246 e. The lowest BCUT2D eigenvalue weighted by molar-refractivity contribution is 0.451. The second-order valence-electron chi connectivity index (χ2n) is 7.67. The molecule has 1 atom stereocenters. The molecule has 30 heavy (non-hydrogen) atoms. The molecule has 8 nitrogen and oxygen atoms in total. The highest BCUT2D eigenvalue weighted by atomic mass is 32.2. The molecule has 2 aromatic rings. The monoisotopic (exact) mass is 453 g/mol. The van der Waals surface area contributed by atoms with Crippen LogP contribution in [0, 0.1) is 0 Å². The Balaban J connectivity index is 2.07. The van der Waals surface area contributed by atoms with Gasteiger partial charge in [-0.15, -0.1) is 0 Å². The van der Waals surface area contributed by atoms with Crippen LogP contribution in [0.5, 0.6) is 5.75 Å². The number of nitrogens with zero attached hydrogens (tertiary/aromatic N) is 2. The van der Waals surface area contributed by atoms with Gasteiger partial charge in [0.05, 0.1) is 4.90 Å². The Morgan fingerprint density at radius 1 is 0.933 bits per heavy atom. The molecule has 2 aromatic carbocycles. The molecule has 164 valence electrons. The number of fused-ring (bicyclic) bond motifs is 1. The first-order valence-electron chi connectivity index (χ1n) is 9.47. The number of aromatic hydroxyl groups is 1. The Bertz CT molecular complexity index is 1140. The lowest BCUT2D eigenvalue weighted by Crippen LogP contribution is -2.23. The second-order valence-corrected chi connectivity index (χ2v) is 11.9. The van der Waals surface area contributed by atoms with Crippen LogP contribution in [0.3, 0.4) is 0 Å². The minimum Gasteiger partial charge on any atom is -0.507 e. The highest BCUT2D eigenvalue weighted by Crippen LogP contribution is 2.36. The van der Waals surface area contributed by atoms with Crippen molar-refractivity contribution >= 4 is 20.0 Å². The maximum atomic E-state index is 12.6. The summed E-state index contributed by atoms with van der Waals surface area (Å²) in [6.45, 7) is 1.26. The third kappa shape index (κ3) is 4.10. The molecule has 1 aliphatic heterocycles. The van der Waals surface area contributed by atoms with Crippen molar-refractivity contribution in [1.29, 1.82) is 0 Å². The molecule has 1 unspecified atom stereocenters. The molecule has 0 aromatic heterocycles. The topological polar surface area (TPSA) is 107 Å². The van der Waals surface area contributed by atoms with E-state index in [0.29, 0.717) is 19.5 Å². The van der Waals surface area contributed by atoms with Crippen molar-refractivity contribution in [2.24, 2.45) is 0 Å². The Hall–Kier alpha value is -1.98. The van der Waals surface area contributed by atoms with Gasteiger partial charge in [0, 0.05) is 40.7 Å². The van der Waals surface area contributed by atoms with E-state index in [4.69, 9.17) is 0 Å². The molecule has 0 fully saturated rings. The summed E-state index contributed by atoms with van der Waals surface area (Å²) in [7, 11) is -1.48. The van der Waals surface area contributed by atoms with E-state index in [1.54, 1.807) is 30.3 Å².